The number of allylic oxidation sites excluding steroid dienone is 5. The molecule has 0 aliphatic carbocycles. The summed E-state index contributed by atoms with van der Waals surface area (Å²) in [7, 11) is 0. The van der Waals surface area contributed by atoms with Gasteiger partial charge >= 0.3 is 0 Å². The lowest BCUT2D eigenvalue weighted by atomic mass is 10.1. The highest BCUT2D eigenvalue weighted by Crippen LogP contribution is 2.15. The Hall–Kier alpha value is -1.80. The quantitative estimate of drug-likeness (QED) is 0.408. The van der Waals surface area contributed by atoms with Gasteiger partial charge in [0.2, 0.25) is 0 Å². The Morgan fingerprint density at radius 3 is 2.21 bits per heavy atom. The number of ether oxygens (including phenoxy) is 1. The fourth-order valence-electron chi connectivity index (χ4n) is 2.71. The Morgan fingerprint density at radius 2 is 1.67 bits per heavy atom. The molecule has 1 rings (SSSR count). The van der Waals surface area contributed by atoms with Crippen molar-refractivity contribution in [2.75, 3.05) is 32.8 Å². The van der Waals surface area contributed by atoms with E-state index in [-0.39, 0.29) is 0 Å². The van der Waals surface area contributed by atoms with Crippen LogP contribution in [-0.2, 0) is 0 Å². The summed E-state index contributed by atoms with van der Waals surface area (Å²) in [5.74, 6) is 0.953. The summed E-state index contributed by atoms with van der Waals surface area (Å²) in [6.07, 6.45) is 10.5. The average molecular weight is 329 g/mol. The Morgan fingerprint density at radius 1 is 1.04 bits per heavy atom. The van der Waals surface area contributed by atoms with Crippen LogP contribution in [0.15, 0.2) is 54.1 Å². The topological polar surface area (TPSA) is 9.23 Å². The second-order valence-electron chi connectivity index (χ2n) is 6.20. The van der Waals surface area contributed by atoms with Crippen molar-refractivity contribution >= 4 is 6.08 Å². The smallest absolute Gasteiger partial charge is 0.137 e. The molecule has 0 heterocycles. The zero-order valence-electron chi connectivity index (χ0n) is 16.1. The van der Waals surface area contributed by atoms with Crippen molar-refractivity contribution in [3.63, 3.8) is 0 Å². The summed E-state index contributed by atoms with van der Waals surface area (Å²) >= 11 is 0. The second-order valence-corrected chi connectivity index (χ2v) is 6.20. The molecule has 0 atom stereocenters. The van der Waals surface area contributed by atoms with Gasteiger partial charge in [0.05, 0.1) is 19.6 Å². The van der Waals surface area contributed by atoms with Crippen molar-refractivity contribution < 1.29 is 9.22 Å². The lowest BCUT2D eigenvalue weighted by molar-refractivity contribution is -0.923. The van der Waals surface area contributed by atoms with Crippen LogP contribution in [0.1, 0.15) is 40.2 Å². The maximum Gasteiger partial charge on any atom is 0.137 e. The first-order valence-corrected chi connectivity index (χ1v) is 9.14. The molecule has 1 aromatic rings. The van der Waals surface area contributed by atoms with Gasteiger partial charge in [-0.1, -0.05) is 48.1 Å². The average Bonchev–Trinajstić information content (AvgIpc) is 2.63. The lowest BCUT2D eigenvalue weighted by Crippen LogP contribution is -2.49. The fraction of sp³-hybridized carbons (Fsp3) is 0.455. The van der Waals surface area contributed by atoms with E-state index in [9.17, 15) is 0 Å². The summed E-state index contributed by atoms with van der Waals surface area (Å²) in [6.45, 7) is 16.3. The molecule has 0 aliphatic rings. The molecular formula is C22H34NO+. The van der Waals surface area contributed by atoms with Crippen LogP contribution in [0.5, 0.6) is 5.75 Å². The maximum absolute atomic E-state index is 5.94. The molecule has 2 heteroatoms. The van der Waals surface area contributed by atoms with Gasteiger partial charge in [-0.05, 0) is 52.3 Å². The minimum absolute atomic E-state index is 0.774. The van der Waals surface area contributed by atoms with E-state index >= 15 is 0 Å². The van der Waals surface area contributed by atoms with E-state index in [1.165, 1.54) is 30.8 Å². The van der Waals surface area contributed by atoms with Crippen molar-refractivity contribution in [3.05, 3.63) is 59.7 Å². The van der Waals surface area contributed by atoms with Gasteiger partial charge in [0, 0.05) is 0 Å². The number of quaternary nitrogens is 1. The molecule has 0 aliphatic heterocycles. The lowest BCUT2D eigenvalue weighted by Gasteiger charge is -2.35. The fourth-order valence-corrected chi connectivity index (χ4v) is 2.71. The van der Waals surface area contributed by atoms with E-state index in [2.05, 4.69) is 76.3 Å². The SMILES string of the molecule is CC=CC=C(C)C=Cc1ccc(OCC[N+](CC)(CC)CC)cc1. The van der Waals surface area contributed by atoms with E-state index < -0.39 is 0 Å². The Labute approximate surface area is 148 Å². The molecule has 0 amide bonds. The van der Waals surface area contributed by atoms with Gasteiger partial charge in [-0.15, -0.1) is 0 Å². The minimum Gasteiger partial charge on any atom is -0.488 e. The largest absolute Gasteiger partial charge is 0.488 e. The van der Waals surface area contributed by atoms with Crippen LogP contribution in [0.25, 0.3) is 6.08 Å². The maximum atomic E-state index is 5.94. The monoisotopic (exact) mass is 328 g/mol. The number of hydrogen-bond acceptors (Lipinski definition) is 1. The van der Waals surface area contributed by atoms with Gasteiger partial charge in [-0.3, -0.25) is 0 Å². The van der Waals surface area contributed by atoms with Gasteiger partial charge in [-0.25, -0.2) is 0 Å². The zero-order valence-corrected chi connectivity index (χ0v) is 16.1. The first kappa shape index (κ1) is 20.2. The minimum atomic E-state index is 0.774. The molecule has 2 nitrogen and oxygen atoms in total. The highest BCUT2D eigenvalue weighted by Gasteiger charge is 2.20. The summed E-state index contributed by atoms with van der Waals surface area (Å²) in [4.78, 5) is 0. The van der Waals surface area contributed by atoms with Crippen LogP contribution in [0.3, 0.4) is 0 Å². The molecule has 132 valence electrons. The van der Waals surface area contributed by atoms with Crippen molar-refractivity contribution in [1.82, 2.24) is 0 Å². The molecule has 0 fully saturated rings. The number of hydrogen-bond donors (Lipinski definition) is 0. The molecule has 0 N–H and O–H groups in total. The summed E-state index contributed by atoms with van der Waals surface area (Å²) in [5, 5.41) is 0. The van der Waals surface area contributed by atoms with E-state index in [0.29, 0.717) is 0 Å². The summed E-state index contributed by atoms with van der Waals surface area (Å²) in [5.41, 5.74) is 2.43. The van der Waals surface area contributed by atoms with E-state index in [1.54, 1.807) is 0 Å². The van der Waals surface area contributed by atoms with E-state index in [0.717, 1.165) is 23.4 Å². The second kappa shape index (κ2) is 10.9. The predicted molar refractivity (Wildman–Crippen MR) is 106 cm³/mol. The molecule has 0 aromatic heterocycles. The first-order chi connectivity index (χ1) is 11.6. The third kappa shape index (κ3) is 6.76. The molecule has 0 radical (unpaired) electrons. The Balaban J connectivity index is 2.55. The molecular weight excluding hydrogens is 294 g/mol. The molecule has 0 spiro atoms. The molecule has 0 unspecified atom stereocenters. The molecule has 0 saturated carbocycles. The number of nitrogens with zero attached hydrogens (tertiary/aromatic N) is 1. The van der Waals surface area contributed by atoms with Crippen LogP contribution < -0.4 is 4.74 Å². The van der Waals surface area contributed by atoms with Crippen molar-refractivity contribution in [3.8, 4) is 5.75 Å². The number of likely N-dealkylation sites (N-methyl/N-ethyl adjacent to an activating group) is 1. The predicted octanol–water partition coefficient (Wildman–Crippen LogP) is 5.48. The molecule has 0 bridgehead atoms. The highest BCUT2D eigenvalue weighted by atomic mass is 16.5. The molecule has 24 heavy (non-hydrogen) atoms. The first-order valence-electron chi connectivity index (χ1n) is 9.14. The summed E-state index contributed by atoms with van der Waals surface area (Å²) < 4.78 is 7.06. The van der Waals surface area contributed by atoms with E-state index in [1.807, 2.05) is 13.0 Å². The van der Waals surface area contributed by atoms with E-state index in [4.69, 9.17) is 4.74 Å². The number of benzene rings is 1. The zero-order chi connectivity index (χ0) is 17.8. The van der Waals surface area contributed by atoms with Crippen LogP contribution in [-0.4, -0.2) is 37.3 Å². The van der Waals surface area contributed by atoms with Crippen LogP contribution in [0.4, 0.5) is 0 Å². The normalized spacial score (nSPS) is 13.1. The Kier molecular flexibility index (Phi) is 9.18. The van der Waals surface area contributed by atoms with Crippen molar-refractivity contribution in [2.45, 2.75) is 34.6 Å². The van der Waals surface area contributed by atoms with Crippen LogP contribution in [0.2, 0.25) is 0 Å². The molecule has 1 aromatic carbocycles. The van der Waals surface area contributed by atoms with Crippen LogP contribution >= 0.6 is 0 Å². The van der Waals surface area contributed by atoms with Gasteiger partial charge in [0.15, 0.2) is 0 Å². The third-order valence-corrected chi connectivity index (χ3v) is 4.82. The van der Waals surface area contributed by atoms with Gasteiger partial charge in [0.25, 0.3) is 0 Å². The van der Waals surface area contributed by atoms with Crippen molar-refractivity contribution in [1.29, 1.82) is 0 Å². The van der Waals surface area contributed by atoms with Crippen molar-refractivity contribution in [2.24, 2.45) is 0 Å². The van der Waals surface area contributed by atoms with Crippen LogP contribution in [0, 0.1) is 0 Å². The van der Waals surface area contributed by atoms with Gasteiger partial charge in [0.1, 0.15) is 18.9 Å². The Bertz CT molecular complexity index is 540. The molecule has 0 saturated heterocycles. The third-order valence-electron chi connectivity index (χ3n) is 4.82. The standard InChI is InChI=1S/C22H34NO/c1-6-10-11-20(5)12-13-21-14-16-22(17-15-21)24-19-18-23(7-2,8-3)9-4/h6,10-17H,7-9,18-19H2,1-5H3/q+1. The summed E-state index contributed by atoms with van der Waals surface area (Å²) in [6, 6.07) is 8.33. The number of rotatable bonds is 10. The van der Waals surface area contributed by atoms with Gasteiger partial charge < -0.3 is 9.22 Å². The van der Waals surface area contributed by atoms with Gasteiger partial charge in [-0.2, -0.15) is 0 Å². The highest BCUT2D eigenvalue weighted by molar-refractivity contribution is 5.53.